The maximum atomic E-state index is 11.9. The third-order valence-corrected chi connectivity index (χ3v) is 3.36. The molecule has 1 aromatic rings. The molecule has 0 spiro atoms. The number of nitrogens with zero attached hydrogens (tertiary/aromatic N) is 3. The van der Waals surface area contributed by atoms with E-state index in [1.165, 1.54) is 0 Å². The number of ether oxygens (including phenoxy) is 2. The molecule has 0 aliphatic carbocycles. The molecule has 1 saturated heterocycles. The van der Waals surface area contributed by atoms with E-state index in [1.54, 1.807) is 0 Å². The normalized spacial score (nSPS) is 16.2. The molecule has 6 nitrogen and oxygen atoms in total. The molecule has 0 bridgehead atoms. The summed E-state index contributed by atoms with van der Waals surface area (Å²) in [6.45, 7) is 3.28. The maximum absolute atomic E-state index is 11.9. The van der Waals surface area contributed by atoms with Gasteiger partial charge in [-0.3, -0.25) is 0 Å². The maximum Gasteiger partial charge on any atom is 0.391 e. The van der Waals surface area contributed by atoms with E-state index in [1.807, 2.05) is 0 Å². The summed E-state index contributed by atoms with van der Waals surface area (Å²) in [6.07, 6.45) is -5.13. The third-order valence-electron chi connectivity index (χ3n) is 2.86. The second-order valence-electron chi connectivity index (χ2n) is 4.46. The van der Waals surface area contributed by atoms with Crippen LogP contribution in [-0.2, 0) is 4.74 Å². The average Bonchev–Trinajstić information content (AvgIpc) is 2.91. The molecule has 0 aromatic carbocycles. The van der Waals surface area contributed by atoms with Gasteiger partial charge >= 0.3 is 6.18 Å². The van der Waals surface area contributed by atoms with Crippen molar-refractivity contribution < 1.29 is 22.6 Å². The van der Waals surface area contributed by atoms with Crippen LogP contribution in [0, 0.1) is 0 Å². The minimum atomic E-state index is -4.19. The summed E-state index contributed by atoms with van der Waals surface area (Å²) in [6, 6.07) is 0. The van der Waals surface area contributed by atoms with E-state index in [9.17, 15) is 13.2 Å². The second kappa shape index (κ2) is 7.76. The van der Waals surface area contributed by atoms with Crippen LogP contribution in [0.25, 0.3) is 0 Å². The van der Waals surface area contributed by atoms with Crippen LogP contribution in [0.15, 0.2) is 0 Å². The van der Waals surface area contributed by atoms with Gasteiger partial charge in [-0.15, -0.1) is 4.37 Å². The molecule has 1 aliphatic heterocycles. The standard InChI is InChI=1S/C11H17F3N4O2S/c12-11(13,14)1-6-19-7-8-20-10-9(16-21-17-10)18-4-2-15-3-5-18/h15H,1-8H2. The number of alkyl halides is 3. The molecule has 1 aliphatic rings. The minimum absolute atomic E-state index is 0.0919. The Balaban J connectivity index is 1.68. The predicted octanol–water partition coefficient (Wildman–Crippen LogP) is 1.30. The molecule has 2 rings (SSSR count). The van der Waals surface area contributed by atoms with Crippen LogP contribution in [0.1, 0.15) is 6.42 Å². The summed E-state index contributed by atoms with van der Waals surface area (Å²) in [5.41, 5.74) is 0. The predicted molar refractivity (Wildman–Crippen MR) is 72.0 cm³/mol. The molecule has 10 heteroatoms. The molecule has 0 unspecified atom stereocenters. The van der Waals surface area contributed by atoms with Gasteiger partial charge in [-0.1, -0.05) is 0 Å². The van der Waals surface area contributed by atoms with Crippen molar-refractivity contribution in [2.45, 2.75) is 12.6 Å². The summed E-state index contributed by atoms with van der Waals surface area (Å²) < 4.78 is 54.3. The van der Waals surface area contributed by atoms with Crippen LogP contribution in [0.5, 0.6) is 5.88 Å². The van der Waals surface area contributed by atoms with Crippen LogP contribution < -0.4 is 15.0 Å². The van der Waals surface area contributed by atoms with E-state index in [-0.39, 0.29) is 19.8 Å². The Morgan fingerprint density at radius 3 is 2.62 bits per heavy atom. The van der Waals surface area contributed by atoms with Gasteiger partial charge in [-0.25, -0.2) is 0 Å². The largest absolute Gasteiger partial charge is 0.472 e. The Morgan fingerprint density at radius 1 is 1.14 bits per heavy atom. The summed E-state index contributed by atoms with van der Waals surface area (Å²) in [4.78, 5) is 2.07. The summed E-state index contributed by atoms with van der Waals surface area (Å²) in [7, 11) is 0. The minimum Gasteiger partial charge on any atom is -0.472 e. The van der Waals surface area contributed by atoms with Crippen LogP contribution >= 0.6 is 11.7 Å². The highest BCUT2D eigenvalue weighted by Crippen LogP contribution is 2.25. The molecular weight excluding hydrogens is 309 g/mol. The summed E-state index contributed by atoms with van der Waals surface area (Å²) >= 11 is 1.05. The lowest BCUT2D eigenvalue weighted by Gasteiger charge is -2.27. The van der Waals surface area contributed by atoms with Gasteiger partial charge < -0.3 is 19.7 Å². The lowest BCUT2D eigenvalue weighted by atomic mass is 10.3. The highest BCUT2D eigenvalue weighted by atomic mass is 32.1. The molecule has 0 amide bonds. The summed E-state index contributed by atoms with van der Waals surface area (Å²) in [5.74, 6) is 1.11. The molecule has 1 N–H and O–H groups in total. The van der Waals surface area contributed by atoms with Crippen molar-refractivity contribution in [3.63, 3.8) is 0 Å². The van der Waals surface area contributed by atoms with Gasteiger partial charge in [0, 0.05) is 26.2 Å². The SMILES string of the molecule is FC(F)(F)CCOCCOc1nsnc1N1CCNCC1. The Morgan fingerprint density at radius 2 is 1.90 bits per heavy atom. The van der Waals surface area contributed by atoms with Crippen molar-refractivity contribution in [3.05, 3.63) is 0 Å². The van der Waals surface area contributed by atoms with Gasteiger partial charge in [-0.05, 0) is 0 Å². The number of rotatable bonds is 7. The first-order valence-corrected chi connectivity index (χ1v) is 7.35. The average molecular weight is 326 g/mol. The van der Waals surface area contributed by atoms with Crippen molar-refractivity contribution in [3.8, 4) is 5.88 Å². The lowest BCUT2D eigenvalue weighted by Crippen LogP contribution is -2.43. The van der Waals surface area contributed by atoms with Crippen LogP contribution in [0.3, 0.4) is 0 Å². The molecule has 2 heterocycles. The fourth-order valence-corrected chi connectivity index (χ4v) is 2.34. The van der Waals surface area contributed by atoms with Crippen LogP contribution in [0.4, 0.5) is 19.0 Å². The first kappa shape index (κ1) is 16.2. The quantitative estimate of drug-likeness (QED) is 0.762. The number of hydrogen-bond acceptors (Lipinski definition) is 7. The smallest absolute Gasteiger partial charge is 0.391 e. The fourth-order valence-electron chi connectivity index (χ4n) is 1.82. The highest BCUT2D eigenvalue weighted by Gasteiger charge is 2.26. The Labute approximate surface area is 124 Å². The summed E-state index contributed by atoms with van der Waals surface area (Å²) in [5, 5.41) is 3.24. The molecule has 21 heavy (non-hydrogen) atoms. The van der Waals surface area contributed by atoms with E-state index in [2.05, 4.69) is 19.0 Å². The van der Waals surface area contributed by atoms with Gasteiger partial charge in [0.05, 0.1) is 31.4 Å². The van der Waals surface area contributed by atoms with E-state index in [0.717, 1.165) is 37.9 Å². The zero-order chi connectivity index (χ0) is 15.1. The topological polar surface area (TPSA) is 59.5 Å². The zero-order valence-corrected chi connectivity index (χ0v) is 12.2. The Hall–Kier alpha value is -1.13. The first-order chi connectivity index (χ1) is 10.1. The molecule has 1 aromatic heterocycles. The highest BCUT2D eigenvalue weighted by molar-refractivity contribution is 6.99. The van der Waals surface area contributed by atoms with Crippen LogP contribution in [-0.4, -0.2) is 60.9 Å². The second-order valence-corrected chi connectivity index (χ2v) is 4.98. The Kier molecular flexibility index (Phi) is 6.00. The van der Waals surface area contributed by atoms with Gasteiger partial charge in [0.2, 0.25) is 5.82 Å². The van der Waals surface area contributed by atoms with E-state index in [0.29, 0.717) is 11.7 Å². The lowest BCUT2D eigenvalue weighted by molar-refractivity contribution is -0.145. The van der Waals surface area contributed by atoms with Crippen molar-refractivity contribution in [2.24, 2.45) is 0 Å². The molecule has 0 saturated carbocycles. The monoisotopic (exact) mass is 326 g/mol. The third kappa shape index (κ3) is 5.64. The molecule has 1 fully saturated rings. The van der Waals surface area contributed by atoms with Gasteiger partial charge in [0.15, 0.2) is 0 Å². The van der Waals surface area contributed by atoms with Crippen molar-refractivity contribution in [1.82, 2.24) is 14.1 Å². The molecule has 120 valence electrons. The van der Waals surface area contributed by atoms with Crippen molar-refractivity contribution in [1.29, 1.82) is 0 Å². The Bertz CT molecular complexity index is 424. The number of nitrogens with one attached hydrogen (secondary N) is 1. The van der Waals surface area contributed by atoms with Gasteiger partial charge in [0.1, 0.15) is 6.61 Å². The van der Waals surface area contributed by atoms with Gasteiger partial charge in [-0.2, -0.15) is 17.5 Å². The van der Waals surface area contributed by atoms with Crippen molar-refractivity contribution >= 4 is 17.5 Å². The number of piperazine rings is 1. The number of hydrogen-bond donors (Lipinski definition) is 1. The van der Waals surface area contributed by atoms with E-state index >= 15 is 0 Å². The first-order valence-electron chi connectivity index (χ1n) is 6.62. The van der Waals surface area contributed by atoms with Crippen LogP contribution in [0.2, 0.25) is 0 Å². The number of halogens is 3. The van der Waals surface area contributed by atoms with E-state index < -0.39 is 12.6 Å². The number of anilines is 1. The van der Waals surface area contributed by atoms with E-state index in [4.69, 9.17) is 9.47 Å². The molecule has 0 radical (unpaired) electrons. The zero-order valence-electron chi connectivity index (χ0n) is 11.4. The number of aromatic nitrogens is 2. The molecular formula is C11H17F3N4O2S. The molecule has 0 atom stereocenters. The fraction of sp³-hybridized carbons (Fsp3) is 0.818. The van der Waals surface area contributed by atoms with Crippen molar-refractivity contribution in [2.75, 3.05) is 50.9 Å². The van der Waals surface area contributed by atoms with Gasteiger partial charge in [0.25, 0.3) is 5.88 Å².